The number of nitrogens with zero attached hydrogens (tertiary/aromatic N) is 2. The zero-order valence-electron chi connectivity index (χ0n) is 11.0. The highest BCUT2D eigenvalue weighted by Crippen LogP contribution is 2.26. The number of aromatic nitrogens is 2. The van der Waals surface area contributed by atoms with Crippen LogP contribution >= 0.6 is 0 Å². The van der Waals surface area contributed by atoms with Crippen molar-refractivity contribution >= 4 is 0 Å². The molecule has 0 aliphatic carbocycles. The lowest BCUT2D eigenvalue weighted by Crippen LogP contribution is -1.95. The molecular formula is C14H18N2O2. The second kappa shape index (κ2) is 5.23. The van der Waals surface area contributed by atoms with Gasteiger partial charge in [0.05, 0.1) is 19.4 Å². The smallest absolute Gasteiger partial charge is 0.140 e. The fourth-order valence-corrected chi connectivity index (χ4v) is 2.07. The van der Waals surface area contributed by atoms with E-state index >= 15 is 0 Å². The number of ether oxygens (including phenoxy) is 1. The molecule has 0 saturated carbocycles. The Balaban J connectivity index is 2.47. The summed E-state index contributed by atoms with van der Waals surface area (Å²) in [6.07, 6.45) is 2.75. The van der Waals surface area contributed by atoms with Crippen molar-refractivity contribution in [1.82, 2.24) is 9.55 Å². The zero-order chi connectivity index (χ0) is 13.1. The van der Waals surface area contributed by atoms with Gasteiger partial charge in [0.15, 0.2) is 0 Å². The molecule has 1 heterocycles. The van der Waals surface area contributed by atoms with Gasteiger partial charge in [-0.2, -0.15) is 0 Å². The van der Waals surface area contributed by atoms with Crippen LogP contribution < -0.4 is 4.74 Å². The number of benzene rings is 1. The lowest BCUT2D eigenvalue weighted by Gasteiger charge is -2.09. The van der Waals surface area contributed by atoms with Crippen LogP contribution in [-0.2, 0) is 20.1 Å². The standard InChI is InChI=1S/C14H18N2O2/c1-4-10-7-11(5-6-13(10)18-3)14-15-12(9-17)8-16(14)2/h5-8,17H,4,9H2,1-3H3. The monoisotopic (exact) mass is 246 g/mol. The van der Waals surface area contributed by atoms with E-state index < -0.39 is 0 Å². The average molecular weight is 246 g/mol. The number of methoxy groups -OCH3 is 1. The van der Waals surface area contributed by atoms with E-state index in [1.54, 1.807) is 7.11 Å². The molecule has 0 radical (unpaired) electrons. The van der Waals surface area contributed by atoms with Crippen LogP contribution in [0.3, 0.4) is 0 Å². The maximum absolute atomic E-state index is 9.11. The Labute approximate surface area is 107 Å². The molecule has 4 nitrogen and oxygen atoms in total. The average Bonchev–Trinajstić information content (AvgIpc) is 2.79. The van der Waals surface area contributed by atoms with Crippen molar-refractivity contribution in [3.63, 3.8) is 0 Å². The highest BCUT2D eigenvalue weighted by Gasteiger charge is 2.10. The molecule has 1 N–H and O–H groups in total. The third-order valence-corrected chi connectivity index (χ3v) is 3.01. The molecule has 1 aromatic carbocycles. The first kappa shape index (κ1) is 12.6. The van der Waals surface area contributed by atoms with Gasteiger partial charge in [-0.15, -0.1) is 0 Å². The van der Waals surface area contributed by atoms with Gasteiger partial charge in [0.2, 0.25) is 0 Å². The predicted molar refractivity (Wildman–Crippen MR) is 70.5 cm³/mol. The van der Waals surface area contributed by atoms with Gasteiger partial charge in [-0.25, -0.2) is 4.98 Å². The van der Waals surface area contributed by atoms with Crippen molar-refractivity contribution in [1.29, 1.82) is 0 Å². The minimum Gasteiger partial charge on any atom is -0.496 e. The summed E-state index contributed by atoms with van der Waals surface area (Å²) in [7, 11) is 3.61. The second-order valence-electron chi connectivity index (χ2n) is 4.21. The molecule has 0 saturated heterocycles. The molecule has 1 aromatic heterocycles. The number of aliphatic hydroxyl groups excluding tert-OH is 1. The first-order chi connectivity index (χ1) is 8.69. The van der Waals surface area contributed by atoms with Crippen molar-refractivity contribution in [2.24, 2.45) is 7.05 Å². The minimum absolute atomic E-state index is 0.0371. The number of aryl methyl sites for hydroxylation is 2. The fraction of sp³-hybridized carbons (Fsp3) is 0.357. The molecule has 0 aliphatic heterocycles. The van der Waals surface area contributed by atoms with E-state index in [1.165, 1.54) is 0 Å². The molecule has 0 amide bonds. The molecule has 2 aromatic rings. The summed E-state index contributed by atoms with van der Waals surface area (Å²) >= 11 is 0. The van der Waals surface area contributed by atoms with Gasteiger partial charge in [-0.05, 0) is 30.2 Å². The minimum atomic E-state index is -0.0371. The van der Waals surface area contributed by atoms with Gasteiger partial charge >= 0.3 is 0 Å². The SMILES string of the molecule is CCc1cc(-c2nc(CO)cn2C)ccc1OC. The van der Waals surface area contributed by atoms with Crippen LogP contribution in [0.4, 0.5) is 0 Å². The van der Waals surface area contributed by atoms with E-state index in [2.05, 4.69) is 18.0 Å². The summed E-state index contributed by atoms with van der Waals surface area (Å²) < 4.78 is 7.24. The van der Waals surface area contributed by atoms with Gasteiger partial charge in [0.25, 0.3) is 0 Å². The Morgan fingerprint density at radius 2 is 2.17 bits per heavy atom. The van der Waals surface area contributed by atoms with Crippen LogP contribution in [0.25, 0.3) is 11.4 Å². The van der Waals surface area contributed by atoms with Crippen molar-refractivity contribution in [3.05, 3.63) is 35.7 Å². The van der Waals surface area contributed by atoms with Gasteiger partial charge in [0, 0.05) is 18.8 Å². The molecule has 0 fully saturated rings. The van der Waals surface area contributed by atoms with Crippen molar-refractivity contribution in [2.75, 3.05) is 7.11 Å². The van der Waals surface area contributed by atoms with Gasteiger partial charge in [-0.3, -0.25) is 0 Å². The maximum Gasteiger partial charge on any atom is 0.140 e. The number of aliphatic hydroxyl groups is 1. The maximum atomic E-state index is 9.11. The molecule has 0 atom stereocenters. The second-order valence-corrected chi connectivity index (χ2v) is 4.21. The van der Waals surface area contributed by atoms with Crippen LogP contribution in [0, 0.1) is 0 Å². The summed E-state index contributed by atoms with van der Waals surface area (Å²) in [6, 6.07) is 6.03. The van der Waals surface area contributed by atoms with Crippen LogP contribution in [0.1, 0.15) is 18.2 Å². The number of rotatable bonds is 4. The van der Waals surface area contributed by atoms with Crippen LogP contribution in [-0.4, -0.2) is 21.8 Å². The summed E-state index contributed by atoms with van der Waals surface area (Å²) in [4.78, 5) is 4.40. The summed E-state index contributed by atoms with van der Waals surface area (Å²) in [5, 5.41) is 9.11. The fourth-order valence-electron chi connectivity index (χ4n) is 2.07. The van der Waals surface area contributed by atoms with Gasteiger partial charge in [-0.1, -0.05) is 6.92 Å². The highest BCUT2D eigenvalue weighted by atomic mass is 16.5. The van der Waals surface area contributed by atoms with E-state index in [-0.39, 0.29) is 6.61 Å². The number of hydrogen-bond acceptors (Lipinski definition) is 3. The normalized spacial score (nSPS) is 10.7. The highest BCUT2D eigenvalue weighted by molar-refractivity contribution is 5.59. The topological polar surface area (TPSA) is 47.3 Å². The molecule has 96 valence electrons. The van der Waals surface area contributed by atoms with Crippen LogP contribution in [0.5, 0.6) is 5.75 Å². The first-order valence-corrected chi connectivity index (χ1v) is 6.00. The molecule has 18 heavy (non-hydrogen) atoms. The quantitative estimate of drug-likeness (QED) is 0.899. The largest absolute Gasteiger partial charge is 0.496 e. The summed E-state index contributed by atoms with van der Waals surface area (Å²) in [5.41, 5.74) is 2.87. The van der Waals surface area contributed by atoms with E-state index in [1.807, 2.05) is 29.9 Å². The Morgan fingerprint density at radius 3 is 2.72 bits per heavy atom. The number of imidazole rings is 1. The van der Waals surface area contributed by atoms with Crippen molar-refractivity contribution in [3.8, 4) is 17.1 Å². The van der Waals surface area contributed by atoms with Crippen LogP contribution in [0.2, 0.25) is 0 Å². The lowest BCUT2D eigenvalue weighted by molar-refractivity contribution is 0.277. The lowest BCUT2D eigenvalue weighted by atomic mass is 10.1. The van der Waals surface area contributed by atoms with Gasteiger partial charge < -0.3 is 14.4 Å². The Bertz CT molecular complexity index is 547. The molecule has 0 bridgehead atoms. The van der Waals surface area contributed by atoms with Crippen LogP contribution in [0.15, 0.2) is 24.4 Å². The summed E-state index contributed by atoms with van der Waals surface area (Å²) in [5.74, 6) is 1.76. The Hall–Kier alpha value is -1.81. The molecule has 0 aliphatic rings. The van der Waals surface area contributed by atoms with E-state index in [0.717, 1.165) is 29.1 Å². The van der Waals surface area contributed by atoms with E-state index in [4.69, 9.17) is 9.84 Å². The van der Waals surface area contributed by atoms with E-state index in [9.17, 15) is 0 Å². The Kier molecular flexibility index (Phi) is 3.67. The third-order valence-electron chi connectivity index (χ3n) is 3.01. The molecule has 2 rings (SSSR count). The molecule has 4 heteroatoms. The predicted octanol–water partition coefficient (Wildman–Crippen LogP) is 2.15. The van der Waals surface area contributed by atoms with Crippen molar-refractivity contribution < 1.29 is 9.84 Å². The zero-order valence-corrected chi connectivity index (χ0v) is 11.0. The molecule has 0 unspecified atom stereocenters. The molecular weight excluding hydrogens is 228 g/mol. The molecule has 0 spiro atoms. The Morgan fingerprint density at radius 1 is 1.39 bits per heavy atom. The summed E-state index contributed by atoms with van der Waals surface area (Å²) in [6.45, 7) is 2.06. The third kappa shape index (κ3) is 2.24. The van der Waals surface area contributed by atoms with Crippen molar-refractivity contribution in [2.45, 2.75) is 20.0 Å². The first-order valence-electron chi connectivity index (χ1n) is 6.00. The number of hydrogen-bond donors (Lipinski definition) is 1. The van der Waals surface area contributed by atoms with E-state index in [0.29, 0.717) is 5.69 Å². The van der Waals surface area contributed by atoms with Gasteiger partial charge in [0.1, 0.15) is 11.6 Å².